The number of carbonyl (C=O) groups is 1. The van der Waals surface area contributed by atoms with E-state index in [4.69, 9.17) is 9.15 Å². The van der Waals surface area contributed by atoms with Crippen molar-refractivity contribution in [3.63, 3.8) is 0 Å². The van der Waals surface area contributed by atoms with Crippen LogP contribution in [0.1, 0.15) is 71.5 Å². The molecule has 2 aliphatic carbocycles. The fourth-order valence-electron chi connectivity index (χ4n) is 5.07. The van der Waals surface area contributed by atoms with Gasteiger partial charge in [0.05, 0.1) is 35.4 Å². The number of carbonyl (C=O) groups excluding carboxylic acids is 1. The van der Waals surface area contributed by atoms with Crippen molar-refractivity contribution in [1.29, 1.82) is 0 Å². The normalized spacial score (nSPS) is 16.1. The zero-order chi connectivity index (χ0) is 25.1. The van der Waals surface area contributed by atoms with E-state index in [-0.39, 0.29) is 17.6 Å². The fourth-order valence-corrected chi connectivity index (χ4v) is 6.30. The lowest BCUT2D eigenvalue weighted by molar-refractivity contribution is -0.384. The fraction of sp³-hybridized carbons (Fsp3) is 0.407. The predicted octanol–water partition coefficient (Wildman–Crippen LogP) is 6.62. The van der Waals surface area contributed by atoms with Crippen LogP contribution in [0, 0.1) is 10.1 Å². The number of aryl methyl sites for hydroxylation is 1. The van der Waals surface area contributed by atoms with Crippen molar-refractivity contribution >= 4 is 34.1 Å². The SMILES string of the molecule is COc1ccc(-c2ccc(C=Nc3sc4c(c3C(=O)NC3CCCCC3)CCCC4)o2)c([N+](=O)[O-])c1. The Kier molecular flexibility index (Phi) is 7.18. The third-order valence-corrected chi connectivity index (χ3v) is 8.12. The number of furan rings is 1. The molecule has 1 fully saturated rings. The van der Waals surface area contributed by atoms with Crippen LogP contribution in [0.4, 0.5) is 10.7 Å². The first kappa shape index (κ1) is 24.2. The van der Waals surface area contributed by atoms with Crippen LogP contribution in [-0.2, 0) is 12.8 Å². The number of nitro groups is 1. The number of nitrogens with zero attached hydrogens (tertiary/aromatic N) is 2. The summed E-state index contributed by atoms with van der Waals surface area (Å²) in [4.78, 5) is 30.4. The lowest BCUT2D eigenvalue weighted by Crippen LogP contribution is -2.36. The number of hydrogen-bond acceptors (Lipinski definition) is 7. The van der Waals surface area contributed by atoms with Crippen molar-refractivity contribution in [1.82, 2.24) is 5.32 Å². The molecule has 0 spiro atoms. The van der Waals surface area contributed by atoms with E-state index in [1.54, 1.807) is 41.8 Å². The van der Waals surface area contributed by atoms with Crippen molar-refractivity contribution in [3.05, 3.63) is 62.2 Å². The van der Waals surface area contributed by atoms with Gasteiger partial charge in [0.25, 0.3) is 11.6 Å². The molecule has 2 aliphatic rings. The first-order valence-electron chi connectivity index (χ1n) is 12.5. The van der Waals surface area contributed by atoms with Gasteiger partial charge in [-0.05, 0) is 68.4 Å². The number of thiophene rings is 1. The molecule has 8 nitrogen and oxygen atoms in total. The maximum atomic E-state index is 13.3. The molecule has 0 atom stereocenters. The molecule has 1 aromatic carbocycles. The second-order valence-corrected chi connectivity index (χ2v) is 10.4. The van der Waals surface area contributed by atoms with Gasteiger partial charge in [-0.25, -0.2) is 4.99 Å². The molecule has 0 aliphatic heterocycles. The highest BCUT2D eigenvalue weighted by Crippen LogP contribution is 2.40. The Labute approximate surface area is 213 Å². The quantitative estimate of drug-likeness (QED) is 0.220. The van der Waals surface area contributed by atoms with Crippen molar-refractivity contribution in [2.45, 2.75) is 63.8 Å². The van der Waals surface area contributed by atoms with E-state index in [0.29, 0.717) is 33.4 Å². The Bertz CT molecular complexity index is 1300. The van der Waals surface area contributed by atoms with Gasteiger partial charge < -0.3 is 14.5 Å². The Morgan fingerprint density at radius 2 is 1.97 bits per heavy atom. The van der Waals surface area contributed by atoms with Gasteiger partial charge in [-0.15, -0.1) is 11.3 Å². The molecule has 0 bridgehead atoms. The predicted molar refractivity (Wildman–Crippen MR) is 140 cm³/mol. The molecular weight excluding hydrogens is 478 g/mol. The topological polar surface area (TPSA) is 107 Å². The molecule has 2 heterocycles. The summed E-state index contributed by atoms with van der Waals surface area (Å²) in [5, 5.41) is 15.5. The molecule has 1 N–H and O–H groups in total. The van der Waals surface area contributed by atoms with E-state index in [1.165, 1.54) is 24.5 Å². The van der Waals surface area contributed by atoms with E-state index in [9.17, 15) is 14.9 Å². The van der Waals surface area contributed by atoms with Gasteiger partial charge in [-0.3, -0.25) is 14.9 Å². The van der Waals surface area contributed by atoms with Gasteiger partial charge in [-0.1, -0.05) is 19.3 Å². The first-order chi connectivity index (χ1) is 17.5. The standard InChI is InChI=1S/C27H29N3O5S/c1-34-18-11-13-20(22(15-18)30(32)33)23-14-12-19(35-23)16-28-27-25(21-9-5-6-10-24(21)36-27)26(31)29-17-7-3-2-4-8-17/h11-17H,2-10H2,1H3,(H,29,31). The number of hydrogen-bond donors (Lipinski definition) is 1. The highest BCUT2D eigenvalue weighted by atomic mass is 32.1. The van der Waals surface area contributed by atoms with Gasteiger partial charge in [-0.2, -0.15) is 0 Å². The average molecular weight is 508 g/mol. The van der Waals surface area contributed by atoms with Gasteiger partial charge in [0.1, 0.15) is 22.3 Å². The Morgan fingerprint density at radius 3 is 2.75 bits per heavy atom. The Hall–Kier alpha value is -3.46. The van der Waals surface area contributed by atoms with Crippen LogP contribution in [-0.4, -0.2) is 30.2 Å². The van der Waals surface area contributed by atoms with Gasteiger partial charge in [0.15, 0.2) is 0 Å². The van der Waals surface area contributed by atoms with E-state index in [0.717, 1.165) is 56.9 Å². The summed E-state index contributed by atoms with van der Waals surface area (Å²) in [5.74, 6) is 1.20. The molecule has 1 saturated carbocycles. The summed E-state index contributed by atoms with van der Waals surface area (Å²) in [6.45, 7) is 0. The van der Waals surface area contributed by atoms with Crippen LogP contribution in [0.2, 0.25) is 0 Å². The van der Waals surface area contributed by atoms with E-state index in [1.807, 2.05) is 0 Å². The van der Waals surface area contributed by atoms with Crippen molar-refractivity contribution in [2.75, 3.05) is 7.11 Å². The summed E-state index contributed by atoms with van der Waals surface area (Å²) >= 11 is 1.58. The number of fused-ring (bicyclic) bond motifs is 1. The van der Waals surface area contributed by atoms with Crippen molar-refractivity contribution in [2.24, 2.45) is 4.99 Å². The van der Waals surface area contributed by atoms with E-state index < -0.39 is 4.92 Å². The smallest absolute Gasteiger partial charge is 0.284 e. The lowest BCUT2D eigenvalue weighted by atomic mass is 9.93. The molecule has 188 valence electrons. The third-order valence-electron chi connectivity index (χ3n) is 6.92. The Morgan fingerprint density at radius 1 is 1.17 bits per heavy atom. The molecule has 1 amide bonds. The van der Waals surface area contributed by atoms with Gasteiger partial charge in [0.2, 0.25) is 0 Å². The van der Waals surface area contributed by atoms with Crippen molar-refractivity contribution in [3.8, 4) is 17.1 Å². The molecule has 36 heavy (non-hydrogen) atoms. The molecule has 2 aromatic heterocycles. The lowest BCUT2D eigenvalue weighted by Gasteiger charge is -2.23. The number of nitrogens with one attached hydrogen (secondary N) is 1. The molecule has 9 heteroatoms. The second-order valence-electron chi connectivity index (χ2n) is 9.30. The number of ether oxygens (including phenoxy) is 1. The number of amides is 1. The van der Waals surface area contributed by atoms with E-state index >= 15 is 0 Å². The number of nitro benzene ring substituents is 1. The summed E-state index contributed by atoms with van der Waals surface area (Å²) in [5.41, 5.74) is 2.11. The van der Waals surface area contributed by atoms with Crippen LogP contribution in [0.25, 0.3) is 11.3 Å². The summed E-state index contributed by atoms with van der Waals surface area (Å²) < 4.78 is 11.0. The van der Waals surface area contributed by atoms with E-state index in [2.05, 4.69) is 10.3 Å². The summed E-state index contributed by atoms with van der Waals surface area (Å²) in [7, 11) is 1.46. The summed E-state index contributed by atoms with van der Waals surface area (Å²) in [6.07, 6.45) is 11.3. The average Bonchev–Trinajstić information content (AvgIpc) is 3.52. The zero-order valence-electron chi connectivity index (χ0n) is 20.2. The monoisotopic (exact) mass is 507 g/mol. The van der Waals surface area contributed by atoms with Crippen molar-refractivity contribution < 1.29 is 18.9 Å². The van der Waals surface area contributed by atoms with Gasteiger partial charge in [0, 0.05) is 10.9 Å². The third kappa shape index (κ3) is 5.06. The minimum atomic E-state index is -0.457. The molecular formula is C27H29N3O5S. The van der Waals surface area contributed by atoms with Crippen LogP contribution in [0.3, 0.4) is 0 Å². The molecule has 5 rings (SSSR count). The Balaban J connectivity index is 1.41. The molecule has 0 unspecified atom stereocenters. The zero-order valence-corrected chi connectivity index (χ0v) is 21.1. The van der Waals surface area contributed by atoms with Crippen LogP contribution in [0.15, 0.2) is 39.7 Å². The molecule has 0 radical (unpaired) electrons. The number of rotatable bonds is 7. The largest absolute Gasteiger partial charge is 0.497 e. The van der Waals surface area contributed by atoms with Gasteiger partial charge >= 0.3 is 0 Å². The maximum absolute atomic E-state index is 13.3. The number of benzene rings is 1. The highest BCUT2D eigenvalue weighted by Gasteiger charge is 2.27. The van der Waals surface area contributed by atoms with Crippen LogP contribution in [0.5, 0.6) is 5.75 Å². The maximum Gasteiger partial charge on any atom is 0.284 e. The van der Waals surface area contributed by atoms with Crippen LogP contribution < -0.4 is 10.1 Å². The number of aliphatic imine (C=N–C) groups is 1. The second kappa shape index (κ2) is 10.7. The molecule has 3 aromatic rings. The minimum absolute atomic E-state index is 0.0255. The number of methoxy groups -OCH3 is 1. The summed E-state index contributed by atoms with van der Waals surface area (Å²) in [6, 6.07) is 8.28. The first-order valence-corrected chi connectivity index (χ1v) is 13.3. The molecule has 0 saturated heterocycles. The van der Waals surface area contributed by atoms with Crippen LogP contribution >= 0.6 is 11.3 Å². The minimum Gasteiger partial charge on any atom is -0.497 e. The highest BCUT2D eigenvalue weighted by molar-refractivity contribution is 7.16.